The van der Waals surface area contributed by atoms with Crippen molar-refractivity contribution in [1.29, 1.82) is 0 Å². The molecule has 6 heteroatoms. The molecular formula is C19H19NO5. The van der Waals surface area contributed by atoms with Gasteiger partial charge in [-0.05, 0) is 12.1 Å². The number of aromatic amines is 1. The van der Waals surface area contributed by atoms with Crippen LogP contribution >= 0.6 is 0 Å². The molecule has 6 nitrogen and oxygen atoms in total. The normalized spacial score (nSPS) is 10.6. The molecule has 0 unspecified atom stereocenters. The van der Waals surface area contributed by atoms with Crippen molar-refractivity contribution in [2.24, 2.45) is 0 Å². The maximum Gasteiger partial charge on any atom is 0.203 e. The number of carbonyl (C=O) groups is 1. The number of aromatic nitrogens is 1. The maximum atomic E-state index is 11.7. The molecule has 0 aliphatic rings. The van der Waals surface area contributed by atoms with E-state index in [-0.39, 0.29) is 0 Å². The molecule has 0 amide bonds. The smallest absolute Gasteiger partial charge is 0.203 e. The highest BCUT2D eigenvalue weighted by molar-refractivity contribution is 6.04. The maximum absolute atomic E-state index is 11.7. The summed E-state index contributed by atoms with van der Waals surface area (Å²) < 4.78 is 21.7. The van der Waals surface area contributed by atoms with Crippen molar-refractivity contribution >= 4 is 17.2 Å². The molecule has 0 aliphatic heterocycles. The fourth-order valence-corrected chi connectivity index (χ4v) is 3.05. The summed E-state index contributed by atoms with van der Waals surface area (Å²) in [5.41, 5.74) is 2.73. The molecule has 0 bridgehead atoms. The molecule has 0 atom stereocenters. The highest BCUT2D eigenvalue weighted by Crippen LogP contribution is 2.48. The Balaban J connectivity index is 2.39. The van der Waals surface area contributed by atoms with Crippen LogP contribution in [0.4, 0.5) is 0 Å². The van der Waals surface area contributed by atoms with E-state index in [9.17, 15) is 4.79 Å². The van der Waals surface area contributed by atoms with Gasteiger partial charge < -0.3 is 23.9 Å². The van der Waals surface area contributed by atoms with Gasteiger partial charge in [-0.1, -0.05) is 12.1 Å². The Morgan fingerprint density at radius 2 is 1.64 bits per heavy atom. The highest BCUT2D eigenvalue weighted by Gasteiger charge is 2.24. The molecule has 0 spiro atoms. The number of para-hydroxylation sites is 1. The first-order valence-corrected chi connectivity index (χ1v) is 7.62. The second-order valence-corrected chi connectivity index (χ2v) is 5.31. The van der Waals surface area contributed by atoms with E-state index in [0.717, 1.165) is 28.5 Å². The number of benzene rings is 2. The van der Waals surface area contributed by atoms with Crippen LogP contribution < -0.4 is 18.9 Å². The number of rotatable bonds is 6. The molecule has 25 heavy (non-hydrogen) atoms. The number of hydrogen-bond acceptors (Lipinski definition) is 5. The van der Waals surface area contributed by atoms with Crippen LogP contribution in [0.25, 0.3) is 22.0 Å². The minimum atomic E-state index is 0.433. The van der Waals surface area contributed by atoms with Crippen molar-refractivity contribution in [3.8, 4) is 34.1 Å². The van der Waals surface area contributed by atoms with E-state index in [1.165, 1.54) is 21.3 Å². The minimum Gasteiger partial charge on any atom is -0.495 e. The Morgan fingerprint density at radius 3 is 2.24 bits per heavy atom. The summed E-state index contributed by atoms with van der Waals surface area (Å²) in [6, 6.07) is 7.36. The van der Waals surface area contributed by atoms with Crippen molar-refractivity contribution < 1.29 is 23.7 Å². The van der Waals surface area contributed by atoms with Crippen molar-refractivity contribution in [2.75, 3.05) is 28.4 Å². The van der Waals surface area contributed by atoms with Gasteiger partial charge in [-0.3, -0.25) is 4.79 Å². The van der Waals surface area contributed by atoms with Gasteiger partial charge in [0.15, 0.2) is 17.8 Å². The van der Waals surface area contributed by atoms with Crippen molar-refractivity contribution in [3.63, 3.8) is 0 Å². The third-order valence-corrected chi connectivity index (χ3v) is 4.15. The van der Waals surface area contributed by atoms with E-state index >= 15 is 0 Å². The van der Waals surface area contributed by atoms with Crippen LogP contribution in [0.1, 0.15) is 10.4 Å². The zero-order chi connectivity index (χ0) is 18.0. The molecule has 0 radical (unpaired) electrons. The first kappa shape index (κ1) is 16.7. The van der Waals surface area contributed by atoms with E-state index in [1.807, 2.05) is 24.4 Å². The van der Waals surface area contributed by atoms with Gasteiger partial charge in [0.05, 0.1) is 34.0 Å². The quantitative estimate of drug-likeness (QED) is 0.693. The average molecular weight is 341 g/mol. The van der Waals surface area contributed by atoms with Gasteiger partial charge in [-0.25, -0.2) is 0 Å². The summed E-state index contributed by atoms with van der Waals surface area (Å²) in [7, 11) is 6.19. The predicted octanol–water partition coefficient (Wildman–Crippen LogP) is 3.68. The largest absolute Gasteiger partial charge is 0.495 e. The van der Waals surface area contributed by atoms with Gasteiger partial charge in [-0.2, -0.15) is 0 Å². The van der Waals surface area contributed by atoms with E-state index < -0.39 is 0 Å². The molecule has 0 aliphatic carbocycles. The molecular weight excluding hydrogens is 322 g/mol. The molecule has 1 aromatic heterocycles. The third kappa shape index (κ3) is 2.55. The average Bonchev–Trinajstić information content (AvgIpc) is 3.09. The van der Waals surface area contributed by atoms with Crippen molar-refractivity contribution in [3.05, 3.63) is 36.0 Å². The molecule has 3 rings (SSSR count). The zero-order valence-electron chi connectivity index (χ0n) is 14.5. The Kier molecular flexibility index (Phi) is 4.52. The van der Waals surface area contributed by atoms with E-state index in [1.54, 1.807) is 13.2 Å². The van der Waals surface area contributed by atoms with Gasteiger partial charge in [0.25, 0.3) is 0 Å². The number of carbonyl (C=O) groups excluding carboxylic acids is 1. The van der Waals surface area contributed by atoms with E-state index in [0.29, 0.717) is 28.4 Å². The number of H-pyrrole nitrogens is 1. The Hall–Kier alpha value is -3.15. The summed E-state index contributed by atoms with van der Waals surface area (Å²) in [6.45, 7) is 0. The summed E-state index contributed by atoms with van der Waals surface area (Å²) in [5, 5.41) is 0.910. The monoisotopic (exact) mass is 341 g/mol. The Bertz CT molecular complexity index is 929. The van der Waals surface area contributed by atoms with Crippen LogP contribution in [0.3, 0.4) is 0 Å². The lowest BCUT2D eigenvalue weighted by molar-refractivity contribution is 0.112. The van der Waals surface area contributed by atoms with E-state index in [2.05, 4.69) is 4.98 Å². The lowest BCUT2D eigenvalue weighted by atomic mass is 9.97. The Morgan fingerprint density at radius 1 is 0.920 bits per heavy atom. The molecule has 1 heterocycles. The van der Waals surface area contributed by atoms with Crippen LogP contribution in [0, 0.1) is 0 Å². The first-order valence-electron chi connectivity index (χ1n) is 7.62. The van der Waals surface area contributed by atoms with Crippen LogP contribution in [0.2, 0.25) is 0 Å². The summed E-state index contributed by atoms with van der Waals surface area (Å²) in [5.74, 6) is 2.02. The number of methoxy groups -OCH3 is 4. The van der Waals surface area contributed by atoms with Gasteiger partial charge in [0, 0.05) is 28.3 Å². The molecule has 0 saturated heterocycles. The van der Waals surface area contributed by atoms with E-state index in [4.69, 9.17) is 18.9 Å². The summed E-state index contributed by atoms with van der Waals surface area (Å²) in [6.07, 6.45) is 2.60. The second-order valence-electron chi connectivity index (χ2n) is 5.31. The van der Waals surface area contributed by atoms with Crippen LogP contribution in [0.5, 0.6) is 23.0 Å². The molecule has 0 saturated carbocycles. The molecule has 3 aromatic rings. The SMILES string of the molecule is COc1cc(C=O)c(-c2c[nH]c3c(OC)cccc23)c(OC)c1OC. The van der Waals surface area contributed by atoms with Gasteiger partial charge in [-0.15, -0.1) is 0 Å². The fourth-order valence-electron chi connectivity index (χ4n) is 3.05. The van der Waals surface area contributed by atoms with Crippen LogP contribution in [-0.4, -0.2) is 39.7 Å². The van der Waals surface area contributed by atoms with Crippen LogP contribution in [-0.2, 0) is 0 Å². The summed E-state index contributed by atoms with van der Waals surface area (Å²) >= 11 is 0. The second kappa shape index (κ2) is 6.76. The number of fused-ring (bicyclic) bond motifs is 1. The molecule has 2 aromatic carbocycles. The lowest BCUT2D eigenvalue weighted by Crippen LogP contribution is -2.00. The highest BCUT2D eigenvalue weighted by atomic mass is 16.5. The minimum absolute atomic E-state index is 0.433. The standard InChI is InChI=1S/C19H19NO5/c1-22-14-7-5-6-12-13(9-20-17(12)14)16-11(10-21)8-15(23-2)18(24-3)19(16)25-4/h5-10,20H,1-4H3. The molecule has 130 valence electrons. The number of hydrogen-bond donors (Lipinski definition) is 1. The Labute approximate surface area is 145 Å². The lowest BCUT2D eigenvalue weighted by Gasteiger charge is -2.17. The number of nitrogens with one attached hydrogen (secondary N) is 1. The molecule has 0 fully saturated rings. The topological polar surface area (TPSA) is 69.8 Å². The predicted molar refractivity (Wildman–Crippen MR) is 95.3 cm³/mol. The van der Waals surface area contributed by atoms with Crippen molar-refractivity contribution in [2.45, 2.75) is 0 Å². The van der Waals surface area contributed by atoms with Crippen LogP contribution in [0.15, 0.2) is 30.5 Å². The fraction of sp³-hybridized carbons (Fsp3) is 0.211. The van der Waals surface area contributed by atoms with Gasteiger partial charge in [0.2, 0.25) is 5.75 Å². The zero-order valence-corrected chi connectivity index (χ0v) is 14.5. The van der Waals surface area contributed by atoms with Crippen molar-refractivity contribution in [1.82, 2.24) is 4.98 Å². The number of ether oxygens (including phenoxy) is 4. The van der Waals surface area contributed by atoms with Gasteiger partial charge >= 0.3 is 0 Å². The number of aldehydes is 1. The third-order valence-electron chi connectivity index (χ3n) is 4.15. The van der Waals surface area contributed by atoms with Gasteiger partial charge in [0.1, 0.15) is 5.75 Å². The first-order chi connectivity index (χ1) is 12.2. The molecule has 1 N–H and O–H groups in total. The summed E-state index contributed by atoms with van der Waals surface area (Å²) in [4.78, 5) is 14.9.